The van der Waals surface area contributed by atoms with Crippen LogP contribution in [0.3, 0.4) is 0 Å². The van der Waals surface area contributed by atoms with Crippen LogP contribution in [-0.2, 0) is 0 Å². The highest BCUT2D eigenvalue weighted by Crippen LogP contribution is 2.50. The van der Waals surface area contributed by atoms with E-state index in [9.17, 15) is 0 Å². The van der Waals surface area contributed by atoms with Crippen molar-refractivity contribution in [3.8, 4) is 50.4 Å². The number of hydrogen-bond donors (Lipinski definition) is 3. The van der Waals surface area contributed by atoms with Crippen molar-refractivity contribution in [2.75, 3.05) is 17.2 Å². The van der Waals surface area contributed by atoms with Crippen LogP contribution in [-0.4, -0.2) is 13.7 Å². The summed E-state index contributed by atoms with van der Waals surface area (Å²) in [5.41, 5.74) is 38.7. The van der Waals surface area contributed by atoms with Gasteiger partial charge in [0.05, 0.1) is 50.2 Å². The summed E-state index contributed by atoms with van der Waals surface area (Å²) in [6.45, 7) is 0. The summed E-state index contributed by atoms with van der Waals surface area (Å²) in [4.78, 5) is 0. The highest BCUT2D eigenvalue weighted by molar-refractivity contribution is 6.13. The van der Waals surface area contributed by atoms with E-state index in [0.717, 1.165) is 83.5 Å². The number of nitrogens with two attached hydrogens (primary N) is 3. The Morgan fingerprint density at radius 1 is 0.212 bits per heavy atom. The first-order chi connectivity index (χ1) is 32.5. The van der Waals surface area contributed by atoms with Crippen LogP contribution in [0.1, 0.15) is 0 Å². The molecule has 10 aromatic carbocycles. The zero-order valence-electron chi connectivity index (χ0n) is 35.9. The van der Waals surface area contributed by atoms with Crippen molar-refractivity contribution >= 4 is 82.5 Å². The first kappa shape index (κ1) is 37.5. The van der Waals surface area contributed by atoms with Crippen molar-refractivity contribution in [1.29, 1.82) is 0 Å². The average Bonchev–Trinajstić information content (AvgIpc) is 4.01. The minimum Gasteiger partial charge on any atom is -0.398 e. The van der Waals surface area contributed by atoms with Gasteiger partial charge in [-0.15, -0.1) is 0 Å². The van der Waals surface area contributed by atoms with Crippen molar-refractivity contribution in [2.45, 2.75) is 0 Å². The average molecular weight is 847 g/mol. The molecule has 0 atom stereocenters. The summed E-state index contributed by atoms with van der Waals surface area (Å²) in [6, 6.07) is 77.0. The summed E-state index contributed by atoms with van der Waals surface area (Å²) in [5.74, 6) is 0. The molecule has 13 aromatic rings. The Labute approximate surface area is 380 Å². The molecule has 13 rings (SSSR count). The Morgan fingerprint density at radius 2 is 0.394 bits per heavy atom. The van der Waals surface area contributed by atoms with Crippen LogP contribution in [0, 0.1) is 0 Å². The van der Waals surface area contributed by atoms with E-state index in [4.69, 9.17) is 17.2 Å². The SMILES string of the molecule is Nc1c(-c2ccc(-n3c4ccccc4c4ccccc43)cc2)c(N)c(-c2ccc(-n3c4ccccc4c4ccccc43)cc2)c(N)c1-c1ccc(-n2c3ccccc3c3ccccc32)cc1. The van der Waals surface area contributed by atoms with E-state index in [-0.39, 0.29) is 0 Å². The number of nitrogen functional groups attached to an aromatic ring is 3. The topological polar surface area (TPSA) is 92.8 Å². The number of benzene rings is 10. The summed E-state index contributed by atoms with van der Waals surface area (Å²) in [7, 11) is 0. The number of fused-ring (bicyclic) bond motifs is 9. The highest BCUT2D eigenvalue weighted by Gasteiger charge is 2.24. The van der Waals surface area contributed by atoms with Gasteiger partial charge in [0.25, 0.3) is 0 Å². The van der Waals surface area contributed by atoms with E-state index < -0.39 is 0 Å². The summed E-state index contributed by atoms with van der Waals surface area (Å²) >= 11 is 0. The molecule has 0 aliphatic carbocycles. The predicted octanol–water partition coefficient (Wildman–Crippen LogP) is 14.7. The van der Waals surface area contributed by atoms with Crippen molar-refractivity contribution in [3.05, 3.63) is 218 Å². The number of anilines is 3. The Hall–Kier alpha value is -9.00. The number of aromatic nitrogens is 3. The molecule has 0 aliphatic heterocycles. The first-order valence-corrected chi connectivity index (χ1v) is 22.3. The Bertz CT molecular complexity index is 3450. The van der Waals surface area contributed by atoms with Crippen LogP contribution < -0.4 is 17.2 Å². The summed E-state index contributed by atoms with van der Waals surface area (Å²) < 4.78 is 6.95. The van der Waals surface area contributed by atoms with Crippen molar-refractivity contribution in [3.63, 3.8) is 0 Å². The fraction of sp³-hybridized carbons (Fsp3) is 0. The van der Waals surface area contributed by atoms with Crippen LogP contribution in [0.5, 0.6) is 0 Å². The molecule has 0 bridgehead atoms. The van der Waals surface area contributed by atoms with Crippen LogP contribution in [0.2, 0.25) is 0 Å². The molecule has 312 valence electrons. The van der Waals surface area contributed by atoms with Gasteiger partial charge in [0.2, 0.25) is 0 Å². The summed E-state index contributed by atoms with van der Waals surface area (Å²) in [6.07, 6.45) is 0. The van der Waals surface area contributed by atoms with Gasteiger partial charge >= 0.3 is 0 Å². The lowest BCUT2D eigenvalue weighted by molar-refractivity contribution is 1.18. The first-order valence-electron chi connectivity index (χ1n) is 22.3. The molecule has 0 saturated carbocycles. The van der Waals surface area contributed by atoms with Gasteiger partial charge in [-0.05, 0) is 89.5 Å². The second kappa shape index (κ2) is 14.5. The third-order valence-corrected chi connectivity index (χ3v) is 13.6. The zero-order chi connectivity index (χ0) is 44.0. The van der Waals surface area contributed by atoms with Gasteiger partial charge in [-0.3, -0.25) is 0 Å². The maximum Gasteiger partial charge on any atom is 0.0541 e. The molecule has 0 fully saturated rings. The van der Waals surface area contributed by atoms with Gasteiger partial charge in [-0.25, -0.2) is 0 Å². The molecule has 6 nitrogen and oxygen atoms in total. The molecule has 6 N–H and O–H groups in total. The second-order valence-electron chi connectivity index (χ2n) is 17.1. The summed E-state index contributed by atoms with van der Waals surface area (Å²) in [5, 5.41) is 7.29. The smallest absolute Gasteiger partial charge is 0.0541 e. The fourth-order valence-electron chi connectivity index (χ4n) is 10.7. The lowest BCUT2D eigenvalue weighted by Gasteiger charge is -2.23. The number of hydrogen-bond acceptors (Lipinski definition) is 3. The molecule has 0 spiro atoms. The molecule has 0 unspecified atom stereocenters. The molecule has 0 saturated heterocycles. The maximum atomic E-state index is 7.38. The van der Waals surface area contributed by atoms with Crippen LogP contribution in [0.25, 0.3) is 116 Å². The molecule has 66 heavy (non-hydrogen) atoms. The Morgan fingerprint density at radius 3 is 0.591 bits per heavy atom. The predicted molar refractivity (Wildman–Crippen MR) is 279 cm³/mol. The third kappa shape index (κ3) is 5.48. The zero-order valence-corrected chi connectivity index (χ0v) is 35.9. The van der Waals surface area contributed by atoms with Crippen molar-refractivity contribution < 1.29 is 0 Å². The van der Waals surface area contributed by atoms with E-state index >= 15 is 0 Å². The van der Waals surface area contributed by atoms with E-state index in [1.807, 2.05) is 0 Å². The standard InChI is InChI=1S/C60H42N6/c61-58-55(37-25-31-40(32-26-37)64-49-19-7-1-13-43(49)44-14-2-8-20-50(44)64)59(62)57(39-29-35-42(36-30-39)66-53-23-11-5-17-47(53)48-18-6-12-24-54(48)66)60(63)56(58)38-27-33-41(34-28-38)65-51-21-9-3-15-45(51)46-16-4-10-22-52(46)65/h1-36H,61-63H2. The van der Waals surface area contributed by atoms with E-state index in [2.05, 4.69) is 232 Å². The number of para-hydroxylation sites is 6. The lowest BCUT2D eigenvalue weighted by Crippen LogP contribution is -2.07. The molecule has 3 heterocycles. The van der Waals surface area contributed by atoms with Crippen molar-refractivity contribution in [2.24, 2.45) is 0 Å². The van der Waals surface area contributed by atoms with E-state index in [1.165, 1.54) is 32.3 Å². The fourth-order valence-corrected chi connectivity index (χ4v) is 10.7. The molecule has 3 aromatic heterocycles. The maximum absolute atomic E-state index is 7.38. The molecular weight excluding hydrogens is 805 g/mol. The van der Waals surface area contributed by atoms with Crippen LogP contribution in [0.4, 0.5) is 17.1 Å². The second-order valence-corrected chi connectivity index (χ2v) is 17.1. The van der Waals surface area contributed by atoms with E-state index in [0.29, 0.717) is 17.1 Å². The van der Waals surface area contributed by atoms with Crippen LogP contribution >= 0.6 is 0 Å². The highest BCUT2D eigenvalue weighted by atomic mass is 15.0. The minimum absolute atomic E-state index is 0.532. The lowest BCUT2D eigenvalue weighted by atomic mass is 9.87. The molecule has 0 aliphatic rings. The molecule has 0 radical (unpaired) electrons. The minimum atomic E-state index is 0.532. The normalized spacial score (nSPS) is 11.8. The quantitative estimate of drug-likeness (QED) is 0.146. The molecule has 0 amide bonds. The van der Waals surface area contributed by atoms with E-state index in [1.54, 1.807) is 0 Å². The van der Waals surface area contributed by atoms with Crippen LogP contribution in [0.15, 0.2) is 218 Å². The molecular formula is C60H42N6. The Balaban J connectivity index is 0.983. The monoisotopic (exact) mass is 846 g/mol. The van der Waals surface area contributed by atoms with Gasteiger partial charge < -0.3 is 30.9 Å². The third-order valence-electron chi connectivity index (χ3n) is 13.6. The van der Waals surface area contributed by atoms with Gasteiger partial charge in [0, 0.05) is 66.1 Å². The van der Waals surface area contributed by atoms with Gasteiger partial charge in [0.15, 0.2) is 0 Å². The van der Waals surface area contributed by atoms with Crippen molar-refractivity contribution in [1.82, 2.24) is 13.7 Å². The molecule has 6 heteroatoms. The number of rotatable bonds is 6. The largest absolute Gasteiger partial charge is 0.398 e. The van der Waals surface area contributed by atoms with Gasteiger partial charge in [-0.1, -0.05) is 146 Å². The van der Waals surface area contributed by atoms with Gasteiger partial charge in [-0.2, -0.15) is 0 Å². The van der Waals surface area contributed by atoms with Gasteiger partial charge in [0.1, 0.15) is 0 Å². The number of nitrogens with zero attached hydrogens (tertiary/aromatic N) is 3. The Kier molecular flexibility index (Phi) is 8.26.